The Morgan fingerprint density at radius 1 is 1.38 bits per heavy atom. The molecule has 0 radical (unpaired) electrons. The highest BCUT2D eigenvalue weighted by Gasteiger charge is 2.23. The molecule has 1 aliphatic rings. The first-order valence-corrected chi connectivity index (χ1v) is 5.54. The van der Waals surface area contributed by atoms with E-state index < -0.39 is 0 Å². The fraction of sp³-hybridized carbons (Fsp3) is 0.818. The minimum Gasteiger partial charge on any atom is -0.309 e. The first-order chi connectivity index (χ1) is 6.09. The predicted octanol–water partition coefficient (Wildman–Crippen LogP) is 3.15. The van der Waals surface area contributed by atoms with Gasteiger partial charge in [-0.3, -0.25) is 0 Å². The first-order valence-electron chi connectivity index (χ1n) is 5.16. The zero-order valence-electron chi connectivity index (χ0n) is 8.65. The van der Waals surface area contributed by atoms with Crippen LogP contribution < -0.4 is 5.32 Å². The summed E-state index contributed by atoms with van der Waals surface area (Å²) >= 11 is 5.71. The fourth-order valence-electron chi connectivity index (χ4n) is 1.99. The van der Waals surface area contributed by atoms with Gasteiger partial charge in [0, 0.05) is 17.6 Å². The van der Waals surface area contributed by atoms with Gasteiger partial charge in [-0.25, -0.2) is 0 Å². The largest absolute Gasteiger partial charge is 0.309 e. The van der Waals surface area contributed by atoms with Crippen LogP contribution >= 0.6 is 11.6 Å². The van der Waals surface area contributed by atoms with Gasteiger partial charge >= 0.3 is 0 Å². The molecular formula is C11H20ClN. The number of halogens is 1. The molecular weight excluding hydrogens is 182 g/mol. The minimum atomic E-state index is 0.654. The summed E-state index contributed by atoms with van der Waals surface area (Å²) in [4.78, 5) is 0. The topological polar surface area (TPSA) is 12.0 Å². The molecule has 1 nitrogen and oxygen atoms in total. The second-order valence-electron chi connectivity index (χ2n) is 4.36. The molecule has 0 aliphatic heterocycles. The Balaban J connectivity index is 2.25. The molecule has 0 amide bonds. The van der Waals surface area contributed by atoms with E-state index in [0.717, 1.165) is 18.4 Å². The smallest absolute Gasteiger partial charge is 0.0310 e. The minimum absolute atomic E-state index is 0.654. The highest BCUT2D eigenvalue weighted by atomic mass is 35.5. The monoisotopic (exact) mass is 201 g/mol. The van der Waals surface area contributed by atoms with Crippen LogP contribution in [0.4, 0.5) is 0 Å². The molecule has 1 fully saturated rings. The van der Waals surface area contributed by atoms with Crippen molar-refractivity contribution in [1.82, 2.24) is 5.32 Å². The van der Waals surface area contributed by atoms with E-state index in [2.05, 4.69) is 25.7 Å². The van der Waals surface area contributed by atoms with Crippen molar-refractivity contribution in [3.63, 3.8) is 0 Å². The maximum absolute atomic E-state index is 5.71. The number of hydrogen-bond acceptors (Lipinski definition) is 1. The summed E-state index contributed by atoms with van der Waals surface area (Å²) in [7, 11) is 0. The average Bonchev–Trinajstić information content (AvgIpc) is 2.07. The summed E-state index contributed by atoms with van der Waals surface area (Å²) in [5.41, 5.74) is 0. The zero-order chi connectivity index (χ0) is 9.84. The zero-order valence-corrected chi connectivity index (χ0v) is 9.40. The van der Waals surface area contributed by atoms with Crippen LogP contribution in [0.25, 0.3) is 0 Å². The molecule has 0 spiro atoms. The van der Waals surface area contributed by atoms with Crippen LogP contribution in [-0.4, -0.2) is 12.6 Å². The van der Waals surface area contributed by atoms with Gasteiger partial charge in [-0.1, -0.05) is 32.0 Å². The normalized spacial score (nSPS) is 34.5. The van der Waals surface area contributed by atoms with Crippen LogP contribution in [-0.2, 0) is 0 Å². The number of nitrogens with one attached hydrogen (secondary N) is 1. The van der Waals surface area contributed by atoms with E-state index in [1.54, 1.807) is 0 Å². The van der Waals surface area contributed by atoms with Gasteiger partial charge in [0.2, 0.25) is 0 Å². The summed E-state index contributed by atoms with van der Waals surface area (Å²) < 4.78 is 0. The highest BCUT2D eigenvalue weighted by Crippen LogP contribution is 2.29. The first kappa shape index (κ1) is 11.1. The quantitative estimate of drug-likeness (QED) is 0.740. The van der Waals surface area contributed by atoms with Crippen molar-refractivity contribution in [3.8, 4) is 0 Å². The van der Waals surface area contributed by atoms with Gasteiger partial charge in [0.05, 0.1) is 0 Å². The van der Waals surface area contributed by atoms with Crippen LogP contribution in [0.15, 0.2) is 11.6 Å². The van der Waals surface area contributed by atoms with Crippen LogP contribution in [0.5, 0.6) is 0 Å². The van der Waals surface area contributed by atoms with Gasteiger partial charge in [0.15, 0.2) is 0 Å². The second kappa shape index (κ2) is 5.02. The lowest BCUT2D eigenvalue weighted by molar-refractivity contribution is 0.229. The maximum Gasteiger partial charge on any atom is 0.0310 e. The van der Waals surface area contributed by atoms with E-state index in [0.29, 0.717) is 11.1 Å². The third kappa shape index (κ3) is 3.70. The molecule has 0 heterocycles. The van der Waals surface area contributed by atoms with Gasteiger partial charge in [0.25, 0.3) is 0 Å². The highest BCUT2D eigenvalue weighted by molar-refractivity contribution is 6.29. The summed E-state index contributed by atoms with van der Waals surface area (Å²) in [6, 6.07) is 0.654. The van der Waals surface area contributed by atoms with Crippen LogP contribution in [0.2, 0.25) is 0 Å². The number of hydrogen-bond donors (Lipinski definition) is 1. The lowest BCUT2D eigenvalue weighted by atomic mass is 9.79. The molecule has 0 bridgehead atoms. The third-order valence-corrected chi connectivity index (χ3v) is 3.31. The summed E-state index contributed by atoms with van der Waals surface area (Å²) in [6.45, 7) is 9.12. The molecule has 1 saturated carbocycles. The van der Waals surface area contributed by atoms with Gasteiger partial charge in [-0.15, -0.1) is 0 Å². The molecule has 2 heteroatoms. The van der Waals surface area contributed by atoms with Crippen molar-refractivity contribution in [2.24, 2.45) is 11.8 Å². The van der Waals surface area contributed by atoms with E-state index in [4.69, 9.17) is 11.6 Å². The van der Waals surface area contributed by atoms with Crippen molar-refractivity contribution in [2.45, 2.75) is 39.2 Å². The average molecular weight is 202 g/mol. The van der Waals surface area contributed by atoms with Gasteiger partial charge in [-0.2, -0.15) is 0 Å². The standard InChI is InChI=1S/C11H20ClN/c1-8-4-5-11(6-9(8)2)13-7-10(3)12/h8-9,11,13H,3-7H2,1-2H3. The van der Waals surface area contributed by atoms with Crippen molar-refractivity contribution < 1.29 is 0 Å². The Hall–Kier alpha value is -0.0100. The predicted molar refractivity (Wildman–Crippen MR) is 59.0 cm³/mol. The van der Waals surface area contributed by atoms with Gasteiger partial charge < -0.3 is 5.32 Å². The molecule has 1 rings (SSSR count). The van der Waals surface area contributed by atoms with E-state index >= 15 is 0 Å². The summed E-state index contributed by atoms with van der Waals surface area (Å²) in [5.74, 6) is 1.73. The van der Waals surface area contributed by atoms with Gasteiger partial charge in [0.1, 0.15) is 0 Å². The van der Waals surface area contributed by atoms with E-state index in [-0.39, 0.29) is 0 Å². The Kier molecular flexibility index (Phi) is 4.27. The third-order valence-electron chi connectivity index (χ3n) is 3.18. The van der Waals surface area contributed by atoms with Crippen molar-refractivity contribution in [2.75, 3.05) is 6.54 Å². The Bertz CT molecular complexity index is 179. The fourth-order valence-corrected chi connectivity index (χ4v) is 2.07. The lowest BCUT2D eigenvalue weighted by Crippen LogP contribution is -2.36. The van der Waals surface area contributed by atoms with Crippen molar-refractivity contribution in [3.05, 3.63) is 11.6 Å². The molecule has 1 aliphatic carbocycles. The van der Waals surface area contributed by atoms with E-state index in [9.17, 15) is 0 Å². The summed E-state index contributed by atoms with van der Waals surface area (Å²) in [6.07, 6.45) is 3.91. The van der Waals surface area contributed by atoms with Crippen molar-refractivity contribution in [1.29, 1.82) is 0 Å². The van der Waals surface area contributed by atoms with Crippen LogP contribution in [0, 0.1) is 11.8 Å². The second-order valence-corrected chi connectivity index (χ2v) is 4.90. The molecule has 0 aromatic carbocycles. The van der Waals surface area contributed by atoms with Crippen molar-refractivity contribution >= 4 is 11.6 Å². The molecule has 3 atom stereocenters. The van der Waals surface area contributed by atoms with Gasteiger partial charge in [-0.05, 0) is 31.1 Å². The molecule has 76 valence electrons. The Morgan fingerprint density at radius 2 is 2.08 bits per heavy atom. The summed E-state index contributed by atoms with van der Waals surface area (Å²) in [5, 5.41) is 4.15. The molecule has 1 N–H and O–H groups in total. The van der Waals surface area contributed by atoms with Crippen LogP contribution in [0.3, 0.4) is 0 Å². The number of rotatable bonds is 3. The molecule has 0 aromatic rings. The Labute approximate surface area is 86.5 Å². The molecule has 3 unspecified atom stereocenters. The lowest BCUT2D eigenvalue weighted by Gasteiger charge is -2.32. The Morgan fingerprint density at radius 3 is 2.62 bits per heavy atom. The maximum atomic E-state index is 5.71. The van der Waals surface area contributed by atoms with E-state index in [1.165, 1.54) is 19.3 Å². The molecule has 13 heavy (non-hydrogen) atoms. The van der Waals surface area contributed by atoms with Crippen LogP contribution in [0.1, 0.15) is 33.1 Å². The van der Waals surface area contributed by atoms with E-state index in [1.807, 2.05) is 0 Å². The molecule has 0 aromatic heterocycles. The SMILES string of the molecule is C=C(Cl)CNC1CCC(C)C(C)C1. The molecule has 0 saturated heterocycles.